The minimum absolute atomic E-state index is 0.145. The molecule has 1 aromatic carbocycles. The number of aromatic amines is 1. The minimum Gasteiger partial charge on any atom is -0.494 e. The third kappa shape index (κ3) is 5.41. The van der Waals surface area contributed by atoms with Gasteiger partial charge < -0.3 is 9.64 Å². The molecule has 1 aliphatic heterocycles. The Morgan fingerprint density at radius 2 is 1.94 bits per heavy atom. The molecule has 1 amide bonds. The first-order valence-electron chi connectivity index (χ1n) is 10.9. The lowest BCUT2D eigenvalue weighted by atomic mass is 10.2. The predicted octanol–water partition coefficient (Wildman–Crippen LogP) is 3.14. The monoisotopic (exact) mass is 452 g/mol. The van der Waals surface area contributed by atoms with Crippen LogP contribution in [0.5, 0.6) is 5.75 Å². The summed E-state index contributed by atoms with van der Waals surface area (Å²) in [4.78, 5) is 21.3. The number of hydrogen-bond acceptors (Lipinski definition) is 6. The zero-order valence-electron chi connectivity index (χ0n) is 18.2. The number of nitrogens with one attached hydrogen (secondary N) is 1. The maximum atomic E-state index is 12.8. The standard InChI is InChI=1S/C23H28N6O2S/c1-2-31-20-7-5-19(6-8-20)22-25-26-23(32)29(22)11-9-21(30)28-14-12-27(13-15-28)17-18-4-3-10-24-16-18/h3-8,10,16H,2,9,11-15,17H2,1H3,(H,26,32). The smallest absolute Gasteiger partial charge is 0.224 e. The molecule has 3 aromatic rings. The van der Waals surface area contributed by atoms with E-state index in [9.17, 15) is 4.79 Å². The molecule has 0 atom stereocenters. The first-order valence-corrected chi connectivity index (χ1v) is 11.3. The van der Waals surface area contributed by atoms with E-state index in [1.807, 2.05) is 52.9 Å². The molecule has 0 unspecified atom stereocenters. The van der Waals surface area contributed by atoms with Gasteiger partial charge in [0.2, 0.25) is 5.91 Å². The average molecular weight is 453 g/mol. The van der Waals surface area contributed by atoms with Crippen molar-refractivity contribution in [1.29, 1.82) is 0 Å². The average Bonchev–Trinajstić information content (AvgIpc) is 3.19. The van der Waals surface area contributed by atoms with Crippen molar-refractivity contribution in [2.24, 2.45) is 0 Å². The summed E-state index contributed by atoms with van der Waals surface area (Å²) in [5, 5.41) is 7.23. The number of carbonyl (C=O) groups is 1. The van der Waals surface area contributed by atoms with Crippen molar-refractivity contribution in [1.82, 2.24) is 29.5 Å². The van der Waals surface area contributed by atoms with Crippen LogP contribution >= 0.6 is 12.2 Å². The number of carbonyl (C=O) groups excluding carboxylic acids is 1. The summed E-state index contributed by atoms with van der Waals surface area (Å²) >= 11 is 5.41. The molecule has 1 saturated heterocycles. The lowest BCUT2D eigenvalue weighted by Gasteiger charge is -2.34. The van der Waals surface area contributed by atoms with Gasteiger partial charge in [-0.05, 0) is 55.0 Å². The normalized spacial score (nSPS) is 14.5. The molecule has 0 aliphatic carbocycles. The summed E-state index contributed by atoms with van der Waals surface area (Å²) in [6.45, 7) is 7.14. The second-order valence-corrected chi connectivity index (χ2v) is 8.12. The highest BCUT2D eigenvalue weighted by Crippen LogP contribution is 2.21. The third-order valence-corrected chi connectivity index (χ3v) is 5.90. The fourth-order valence-corrected chi connectivity index (χ4v) is 4.11. The Bertz CT molecular complexity index is 1070. The fourth-order valence-electron chi connectivity index (χ4n) is 3.88. The summed E-state index contributed by atoms with van der Waals surface area (Å²) < 4.78 is 7.91. The molecular formula is C23H28N6O2S. The molecule has 32 heavy (non-hydrogen) atoms. The SMILES string of the molecule is CCOc1ccc(-c2n[nH]c(=S)n2CCC(=O)N2CCN(Cc3cccnc3)CC2)cc1. The van der Waals surface area contributed by atoms with Crippen LogP contribution in [0.1, 0.15) is 18.9 Å². The summed E-state index contributed by atoms with van der Waals surface area (Å²) in [5.74, 6) is 1.69. The lowest BCUT2D eigenvalue weighted by molar-refractivity contribution is -0.133. The number of benzene rings is 1. The van der Waals surface area contributed by atoms with Gasteiger partial charge in [0.25, 0.3) is 0 Å². The number of H-pyrrole nitrogens is 1. The largest absolute Gasteiger partial charge is 0.494 e. The van der Waals surface area contributed by atoms with E-state index in [0.717, 1.165) is 49.9 Å². The van der Waals surface area contributed by atoms with Gasteiger partial charge in [0.1, 0.15) is 5.75 Å². The zero-order valence-corrected chi connectivity index (χ0v) is 19.1. The van der Waals surface area contributed by atoms with Gasteiger partial charge in [0.15, 0.2) is 10.6 Å². The molecule has 4 rings (SSSR count). The summed E-state index contributed by atoms with van der Waals surface area (Å²) in [6.07, 6.45) is 4.07. The Labute approximate surface area is 192 Å². The van der Waals surface area contributed by atoms with Crippen molar-refractivity contribution >= 4 is 18.1 Å². The van der Waals surface area contributed by atoms with Gasteiger partial charge in [-0.1, -0.05) is 6.07 Å². The van der Waals surface area contributed by atoms with E-state index in [4.69, 9.17) is 17.0 Å². The number of nitrogens with zero attached hydrogens (tertiary/aromatic N) is 5. The van der Waals surface area contributed by atoms with Gasteiger partial charge in [-0.15, -0.1) is 0 Å². The quantitative estimate of drug-likeness (QED) is 0.529. The van der Waals surface area contributed by atoms with Crippen LogP contribution in [0.25, 0.3) is 11.4 Å². The molecule has 0 spiro atoms. The van der Waals surface area contributed by atoms with Crippen LogP contribution in [0.15, 0.2) is 48.8 Å². The molecule has 9 heteroatoms. The zero-order chi connectivity index (χ0) is 22.3. The van der Waals surface area contributed by atoms with E-state index >= 15 is 0 Å². The molecule has 1 aliphatic rings. The second kappa shape index (κ2) is 10.5. The van der Waals surface area contributed by atoms with Gasteiger partial charge in [-0.3, -0.25) is 24.3 Å². The fraction of sp³-hybridized carbons (Fsp3) is 0.391. The third-order valence-electron chi connectivity index (χ3n) is 5.59. The number of hydrogen-bond donors (Lipinski definition) is 1. The topological polar surface area (TPSA) is 79.3 Å². The van der Waals surface area contributed by atoms with Crippen molar-refractivity contribution in [3.05, 3.63) is 59.1 Å². The molecule has 0 radical (unpaired) electrons. The summed E-state index contributed by atoms with van der Waals surface area (Å²) in [7, 11) is 0. The second-order valence-electron chi connectivity index (χ2n) is 7.73. The number of rotatable bonds is 8. The molecule has 1 fully saturated rings. The number of pyridine rings is 1. The van der Waals surface area contributed by atoms with Crippen LogP contribution in [0, 0.1) is 4.77 Å². The highest BCUT2D eigenvalue weighted by molar-refractivity contribution is 7.71. The molecule has 168 valence electrons. The van der Waals surface area contributed by atoms with E-state index < -0.39 is 0 Å². The van der Waals surface area contributed by atoms with Crippen LogP contribution in [0.4, 0.5) is 0 Å². The van der Waals surface area contributed by atoms with Gasteiger partial charge in [-0.25, -0.2) is 0 Å². The molecule has 3 heterocycles. The van der Waals surface area contributed by atoms with Crippen LogP contribution in [0.2, 0.25) is 0 Å². The minimum atomic E-state index is 0.145. The van der Waals surface area contributed by atoms with Crippen LogP contribution < -0.4 is 4.74 Å². The maximum Gasteiger partial charge on any atom is 0.224 e. The number of aromatic nitrogens is 4. The molecular weight excluding hydrogens is 424 g/mol. The lowest BCUT2D eigenvalue weighted by Crippen LogP contribution is -2.48. The van der Waals surface area contributed by atoms with Crippen molar-refractivity contribution < 1.29 is 9.53 Å². The van der Waals surface area contributed by atoms with Crippen molar-refractivity contribution in [3.63, 3.8) is 0 Å². The summed E-state index contributed by atoms with van der Waals surface area (Å²) in [5.41, 5.74) is 2.13. The van der Waals surface area contributed by atoms with Crippen molar-refractivity contribution in [2.75, 3.05) is 32.8 Å². The maximum absolute atomic E-state index is 12.8. The van der Waals surface area contributed by atoms with Crippen molar-refractivity contribution in [2.45, 2.75) is 26.4 Å². The van der Waals surface area contributed by atoms with E-state index in [1.165, 1.54) is 5.56 Å². The number of piperazine rings is 1. The highest BCUT2D eigenvalue weighted by atomic mass is 32.1. The number of ether oxygens (including phenoxy) is 1. The molecule has 0 bridgehead atoms. The van der Waals surface area contributed by atoms with E-state index in [2.05, 4.69) is 26.1 Å². The van der Waals surface area contributed by atoms with E-state index in [0.29, 0.717) is 24.3 Å². The first-order chi connectivity index (χ1) is 15.6. The Morgan fingerprint density at radius 3 is 2.62 bits per heavy atom. The van der Waals surface area contributed by atoms with Crippen LogP contribution in [0.3, 0.4) is 0 Å². The predicted molar refractivity (Wildman–Crippen MR) is 125 cm³/mol. The Balaban J connectivity index is 1.32. The molecule has 0 saturated carbocycles. The Hall–Kier alpha value is -3.04. The van der Waals surface area contributed by atoms with Gasteiger partial charge in [-0.2, -0.15) is 5.10 Å². The Morgan fingerprint density at radius 1 is 1.16 bits per heavy atom. The van der Waals surface area contributed by atoms with E-state index in [-0.39, 0.29) is 5.91 Å². The number of amides is 1. The van der Waals surface area contributed by atoms with E-state index in [1.54, 1.807) is 6.20 Å². The molecule has 1 N–H and O–H groups in total. The summed E-state index contributed by atoms with van der Waals surface area (Å²) in [6, 6.07) is 11.8. The van der Waals surface area contributed by atoms with Gasteiger partial charge in [0, 0.05) is 63.6 Å². The van der Waals surface area contributed by atoms with Gasteiger partial charge in [0.05, 0.1) is 6.61 Å². The van der Waals surface area contributed by atoms with Crippen molar-refractivity contribution in [3.8, 4) is 17.1 Å². The van der Waals surface area contributed by atoms with Crippen LogP contribution in [-0.4, -0.2) is 68.2 Å². The first kappa shape index (κ1) is 22.2. The molecule has 8 nitrogen and oxygen atoms in total. The molecule has 2 aromatic heterocycles. The Kier molecular flexibility index (Phi) is 7.28. The van der Waals surface area contributed by atoms with Crippen LogP contribution in [-0.2, 0) is 17.9 Å². The van der Waals surface area contributed by atoms with Gasteiger partial charge >= 0.3 is 0 Å². The highest BCUT2D eigenvalue weighted by Gasteiger charge is 2.21.